The molecule has 0 aliphatic heterocycles. The zero-order valence-electron chi connectivity index (χ0n) is 13.8. The molecule has 0 aliphatic rings. The highest BCUT2D eigenvalue weighted by Crippen LogP contribution is 2.38. The van der Waals surface area contributed by atoms with Crippen molar-refractivity contribution in [2.24, 2.45) is 0 Å². The van der Waals surface area contributed by atoms with Crippen LogP contribution in [-0.4, -0.2) is 25.9 Å². The Morgan fingerprint density at radius 2 is 1.91 bits per heavy atom. The highest BCUT2D eigenvalue weighted by atomic mass is 16.6. The summed E-state index contributed by atoms with van der Waals surface area (Å²) in [6.45, 7) is 7.09. The zero-order valence-corrected chi connectivity index (χ0v) is 13.8. The van der Waals surface area contributed by atoms with Crippen LogP contribution in [0.3, 0.4) is 0 Å². The summed E-state index contributed by atoms with van der Waals surface area (Å²) in [7, 11) is 2.97. The summed E-state index contributed by atoms with van der Waals surface area (Å²) in [6, 6.07) is 5.54. The molecule has 1 atom stereocenters. The van der Waals surface area contributed by atoms with Gasteiger partial charge in [0.25, 0.3) is 0 Å². The smallest absolute Gasteiger partial charge is 0.412 e. The van der Waals surface area contributed by atoms with E-state index in [9.17, 15) is 4.79 Å². The van der Waals surface area contributed by atoms with E-state index in [0.717, 1.165) is 0 Å². The Morgan fingerprint density at radius 1 is 1.27 bits per heavy atom. The lowest BCUT2D eigenvalue weighted by atomic mass is 10.0. The predicted octanol–water partition coefficient (Wildman–Crippen LogP) is 3.68. The topological polar surface area (TPSA) is 80.6 Å². The van der Waals surface area contributed by atoms with Crippen LogP contribution in [0.25, 0.3) is 0 Å². The summed E-state index contributed by atoms with van der Waals surface area (Å²) in [5, 5.41) is 11.7. The van der Waals surface area contributed by atoms with Crippen LogP contribution in [-0.2, 0) is 4.74 Å². The highest BCUT2D eigenvalue weighted by molar-refractivity contribution is 5.88. The number of hydrogen-bond acceptors (Lipinski definition) is 5. The summed E-state index contributed by atoms with van der Waals surface area (Å²) < 4.78 is 15.8. The Kier molecular flexibility index (Phi) is 5.63. The third kappa shape index (κ3) is 4.55. The molecule has 22 heavy (non-hydrogen) atoms. The molecule has 6 nitrogen and oxygen atoms in total. The molecule has 1 unspecified atom stereocenters. The molecular weight excluding hydrogens is 284 g/mol. The van der Waals surface area contributed by atoms with Crippen LogP contribution in [0.2, 0.25) is 0 Å². The van der Waals surface area contributed by atoms with Crippen LogP contribution >= 0.6 is 0 Å². The van der Waals surface area contributed by atoms with Gasteiger partial charge in [0.15, 0.2) is 11.5 Å². The van der Waals surface area contributed by atoms with Gasteiger partial charge in [-0.05, 0) is 45.4 Å². The van der Waals surface area contributed by atoms with Gasteiger partial charge in [0, 0.05) is 0 Å². The van der Waals surface area contributed by atoms with Gasteiger partial charge in [-0.3, -0.25) is 5.32 Å². The van der Waals surface area contributed by atoms with Crippen molar-refractivity contribution in [3.8, 4) is 17.6 Å². The molecule has 1 amide bonds. The number of carbonyl (C=O) groups is 1. The van der Waals surface area contributed by atoms with Crippen molar-refractivity contribution in [1.29, 1.82) is 5.26 Å². The Balaban J connectivity index is 3.21. The number of methoxy groups -OCH3 is 2. The summed E-state index contributed by atoms with van der Waals surface area (Å²) in [5.41, 5.74) is 0.498. The molecule has 6 heteroatoms. The van der Waals surface area contributed by atoms with Gasteiger partial charge in [-0.1, -0.05) is 0 Å². The number of amides is 1. The van der Waals surface area contributed by atoms with Gasteiger partial charge in [-0.2, -0.15) is 5.26 Å². The molecule has 0 aromatic heterocycles. The van der Waals surface area contributed by atoms with Crippen molar-refractivity contribution in [3.63, 3.8) is 0 Å². The van der Waals surface area contributed by atoms with Gasteiger partial charge in [-0.15, -0.1) is 0 Å². The molecule has 0 bridgehead atoms. The van der Waals surface area contributed by atoms with E-state index in [4.69, 9.17) is 19.5 Å². The van der Waals surface area contributed by atoms with Gasteiger partial charge < -0.3 is 14.2 Å². The van der Waals surface area contributed by atoms with Crippen molar-refractivity contribution < 1.29 is 19.0 Å². The van der Waals surface area contributed by atoms with E-state index < -0.39 is 11.7 Å². The zero-order chi connectivity index (χ0) is 16.9. The Hall–Kier alpha value is -2.42. The van der Waals surface area contributed by atoms with Crippen molar-refractivity contribution in [2.45, 2.75) is 39.2 Å². The monoisotopic (exact) mass is 306 g/mol. The largest absolute Gasteiger partial charge is 0.493 e. The second-order valence-corrected chi connectivity index (χ2v) is 5.78. The number of rotatable bonds is 4. The van der Waals surface area contributed by atoms with E-state index in [1.165, 1.54) is 14.2 Å². The molecule has 120 valence electrons. The van der Waals surface area contributed by atoms with Crippen LogP contribution in [0.1, 0.15) is 39.2 Å². The average Bonchev–Trinajstić information content (AvgIpc) is 2.43. The van der Waals surface area contributed by atoms with Crippen molar-refractivity contribution in [3.05, 3.63) is 17.7 Å². The fourth-order valence-corrected chi connectivity index (χ4v) is 1.82. The first-order valence-corrected chi connectivity index (χ1v) is 6.87. The third-order valence-electron chi connectivity index (χ3n) is 2.83. The van der Waals surface area contributed by atoms with Crippen LogP contribution in [0.15, 0.2) is 12.1 Å². The van der Waals surface area contributed by atoms with Gasteiger partial charge >= 0.3 is 6.09 Å². The van der Waals surface area contributed by atoms with E-state index in [2.05, 4.69) is 11.4 Å². The quantitative estimate of drug-likeness (QED) is 0.917. The summed E-state index contributed by atoms with van der Waals surface area (Å²) in [6.07, 6.45) is -0.602. The maximum Gasteiger partial charge on any atom is 0.412 e. The number of nitrogens with one attached hydrogen (secondary N) is 1. The second kappa shape index (κ2) is 7.03. The fourth-order valence-electron chi connectivity index (χ4n) is 1.82. The van der Waals surface area contributed by atoms with Gasteiger partial charge in [0.2, 0.25) is 0 Å². The first-order valence-electron chi connectivity index (χ1n) is 6.87. The standard InChI is InChI=1S/C16H22N2O4/c1-10(9-17)11-7-12(14(21-6)13(8-11)20-5)18-15(19)22-16(2,3)4/h7-8,10H,1-6H3,(H,18,19). The number of nitriles is 1. The van der Waals surface area contributed by atoms with Crippen LogP contribution in [0, 0.1) is 11.3 Å². The number of nitrogens with zero attached hydrogens (tertiary/aromatic N) is 1. The minimum atomic E-state index is -0.612. The number of anilines is 1. The molecule has 0 saturated heterocycles. The minimum Gasteiger partial charge on any atom is -0.493 e. The Bertz CT molecular complexity index is 585. The van der Waals surface area contributed by atoms with Crippen LogP contribution in [0.4, 0.5) is 10.5 Å². The van der Waals surface area contributed by atoms with Gasteiger partial charge in [0.05, 0.1) is 31.9 Å². The first-order chi connectivity index (χ1) is 10.2. The summed E-state index contributed by atoms with van der Waals surface area (Å²) in [5.74, 6) is 0.467. The lowest BCUT2D eigenvalue weighted by molar-refractivity contribution is 0.0635. The van der Waals surface area contributed by atoms with E-state index in [1.807, 2.05) is 0 Å². The first kappa shape index (κ1) is 17.6. The summed E-state index contributed by atoms with van der Waals surface area (Å²) in [4.78, 5) is 12.0. The number of carbonyl (C=O) groups excluding carboxylic acids is 1. The number of hydrogen-bond donors (Lipinski definition) is 1. The van der Waals surface area contributed by atoms with Gasteiger partial charge in [-0.25, -0.2) is 4.79 Å². The van der Waals surface area contributed by atoms with E-state index in [0.29, 0.717) is 22.7 Å². The van der Waals surface area contributed by atoms with Crippen molar-refractivity contribution in [1.82, 2.24) is 0 Å². The molecule has 0 radical (unpaired) electrons. The summed E-state index contributed by atoms with van der Waals surface area (Å²) >= 11 is 0. The molecular formula is C16H22N2O4. The fraction of sp³-hybridized carbons (Fsp3) is 0.500. The van der Waals surface area contributed by atoms with E-state index >= 15 is 0 Å². The molecule has 1 rings (SSSR count). The second-order valence-electron chi connectivity index (χ2n) is 5.78. The maximum atomic E-state index is 12.0. The normalized spacial score (nSPS) is 12.0. The molecule has 1 N–H and O–H groups in total. The molecule has 0 aliphatic carbocycles. The lowest BCUT2D eigenvalue weighted by Crippen LogP contribution is -2.27. The molecule has 0 saturated carbocycles. The number of benzene rings is 1. The maximum absolute atomic E-state index is 12.0. The average molecular weight is 306 g/mol. The van der Waals surface area contributed by atoms with Crippen molar-refractivity contribution in [2.75, 3.05) is 19.5 Å². The highest BCUT2D eigenvalue weighted by Gasteiger charge is 2.20. The minimum absolute atomic E-state index is 0.348. The molecule has 0 spiro atoms. The van der Waals surface area contributed by atoms with Crippen LogP contribution < -0.4 is 14.8 Å². The molecule has 0 fully saturated rings. The lowest BCUT2D eigenvalue weighted by Gasteiger charge is -2.21. The Labute approximate surface area is 131 Å². The SMILES string of the molecule is COc1cc(C(C)C#N)cc(NC(=O)OC(C)(C)C)c1OC. The van der Waals surface area contributed by atoms with Crippen molar-refractivity contribution >= 4 is 11.8 Å². The molecule has 1 aromatic carbocycles. The third-order valence-corrected chi connectivity index (χ3v) is 2.83. The predicted molar refractivity (Wildman–Crippen MR) is 83.4 cm³/mol. The van der Waals surface area contributed by atoms with Crippen LogP contribution in [0.5, 0.6) is 11.5 Å². The van der Waals surface area contributed by atoms with E-state index in [1.54, 1.807) is 39.8 Å². The molecule has 0 heterocycles. The van der Waals surface area contributed by atoms with E-state index in [-0.39, 0.29) is 5.92 Å². The number of ether oxygens (including phenoxy) is 3. The molecule has 1 aromatic rings. The Morgan fingerprint density at radius 3 is 2.36 bits per heavy atom. The van der Waals surface area contributed by atoms with Gasteiger partial charge in [0.1, 0.15) is 5.60 Å².